The van der Waals surface area contributed by atoms with Gasteiger partial charge in [0.25, 0.3) is 0 Å². The number of halogens is 2. The van der Waals surface area contributed by atoms with E-state index < -0.39 is 32.4 Å². The molecule has 140 valence electrons. The molecule has 0 heterocycles. The molecule has 8 heteroatoms. The molecule has 0 radical (unpaired) electrons. The minimum Gasteiger partial charge on any atom is -0.465 e. The summed E-state index contributed by atoms with van der Waals surface area (Å²) in [5, 5.41) is 11.4. The number of carbonyl (C=O) groups is 2. The second kappa shape index (κ2) is 8.42. The molecule has 0 bridgehead atoms. The van der Waals surface area contributed by atoms with E-state index in [2.05, 4.69) is 21.2 Å². The van der Waals surface area contributed by atoms with E-state index >= 15 is 0 Å². The zero-order valence-electron chi connectivity index (χ0n) is 15.1. The molecule has 0 fully saturated rings. The molecule has 1 rings (SSSR count). The normalized spacial score (nSPS) is 14.7. The number of hydrogen-bond acceptors (Lipinski definition) is 3. The highest BCUT2D eigenvalue weighted by atomic mass is 79.9. The summed E-state index contributed by atoms with van der Waals surface area (Å²) in [5.74, 6) is -0.407. The monoisotopic (exact) mass is 433 g/mol. The number of carbonyl (C=O) groups excluding carboxylic acids is 1. The molecular weight excluding hydrogens is 409 g/mol. The van der Waals surface area contributed by atoms with Crippen molar-refractivity contribution in [2.75, 3.05) is 0 Å². The van der Waals surface area contributed by atoms with Crippen LogP contribution in [0.4, 0.5) is 9.18 Å². The lowest BCUT2D eigenvalue weighted by atomic mass is 10.0. The van der Waals surface area contributed by atoms with Crippen LogP contribution in [0.2, 0.25) is 18.1 Å². The van der Waals surface area contributed by atoms with Crippen molar-refractivity contribution in [2.24, 2.45) is 0 Å². The van der Waals surface area contributed by atoms with Gasteiger partial charge in [-0.1, -0.05) is 26.8 Å². The predicted octanol–water partition coefficient (Wildman–Crippen LogP) is 4.36. The maximum atomic E-state index is 13.4. The highest BCUT2D eigenvalue weighted by molar-refractivity contribution is 9.10. The number of rotatable bonds is 7. The molecule has 1 amide bonds. The van der Waals surface area contributed by atoms with E-state index in [4.69, 9.17) is 9.53 Å². The number of benzene rings is 1. The zero-order chi connectivity index (χ0) is 19.4. The molecule has 0 aliphatic heterocycles. The Hall–Kier alpha value is -1.25. The molecular formula is C17H25BrFNO4Si. The van der Waals surface area contributed by atoms with E-state index in [0.717, 1.165) is 0 Å². The van der Waals surface area contributed by atoms with Crippen LogP contribution in [0.5, 0.6) is 0 Å². The Kier molecular flexibility index (Phi) is 7.34. The van der Waals surface area contributed by atoms with Crippen LogP contribution in [0.25, 0.3) is 0 Å². The lowest BCUT2D eigenvalue weighted by Crippen LogP contribution is -2.53. The number of hydrogen-bond donors (Lipinski definition) is 2. The Bertz CT molecular complexity index is 634. The summed E-state index contributed by atoms with van der Waals surface area (Å²) in [7, 11) is -2.27. The summed E-state index contributed by atoms with van der Waals surface area (Å²) < 4.78 is 19.8. The first-order valence-corrected chi connectivity index (χ1v) is 11.6. The summed E-state index contributed by atoms with van der Waals surface area (Å²) >= 11 is 3.11. The van der Waals surface area contributed by atoms with Crippen molar-refractivity contribution < 1.29 is 23.5 Å². The maximum Gasteiger partial charge on any atom is 0.404 e. The minimum absolute atomic E-state index is 0.124. The molecule has 25 heavy (non-hydrogen) atoms. The molecule has 0 aliphatic rings. The smallest absolute Gasteiger partial charge is 0.404 e. The van der Waals surface area contributed by atoms with E-state index in [9.17, 15) is 14.0 Å². The molecule has 5 nitrogen and oxygen atoms in total. The second-order valence-electron chi connectivity index (χ2n) is 7.49. The topological polar surface area (TPSA) is 75.6 Å². The van der Waals surface area contributed by atoms with Crippen molar-refractivity contribution in [3.8, 4) is 0 Å². The average molecular weight is 434 g/mol. The highest BCUT2D eigenvalue weighted by Gasteiger charge is 2.41. The number of aldehydes is 1. The van der Waals surface area contributed by atoms with Gasteiger partial charge in [-0.25, -0.2) is 9.18 Å². The first-order chi connectivity index (χ1) is 11.4. The van der Waals surface area contributed by atoms with Gasteiger partial charge in [-0.3, -0.25) is 0 Å². The Morgan fingerprint density at radius 3 is 2.48 bits per heavy atom. The van der Waals surface area contributed by atoms with E-state index in [1.807, 2.05) is 33.9 Å². The Morgan fingerprint density at radius 1 is 1.44 bits per heavy atom. The van der Waals surface area contributed by atoms with E-state index in [1.54, 1.807) is 12.1 Å². The van der Waals surface area contributed by atoms with Gasteiger partial charge in [-0.15, -0.1) is 0 Å². The van der Waals surface area contributed by atoms with Gasteiger partial charge >= 0.3 is 6.09 Å². The largest absolute Gasteiger partial charge is 0.465 e. The molecule has 1 aromatic rings. The molecule has 0 aromatic heterocycles. The first kappa shape index (κ1) is 21.8. The number of amides is 1. The van der Waals surface area contributed by atoms with Crippen LogP contribution in [-0.4, -0.2) is 37.9 Å². The van der Waals surface area contributed by atoms with Crippen molar-refractivity contribution in [3.63, 3.8) is 0 Å². The van der Waals surface area contributed by atoms with Gasteiger partial charge in [-0.2, -0.15) is 0 Å². The molecule has 2 N–H and O–H groups in total. The van der Waals surface area contributed by atoms with E-state index in [0.29, 0.717) is 11.8 Å². The fourth-order valence-corrected chi connectivity index (χ4v) is 3.73. The molecule has 1 aromatic carbocycles. The van der Waals surface area contributed by atoms with Gasteiger partial charge in [0.15, 0.2) is 8.32 Å². The van der Waals surface area contributed by atoms with Crippen LogP contribution in [0.15, 0.2) is 22.7 Å². The van der Waals surface area contributed by atoms with Gasteiger partial charge < -0.3 is 19.6 Å². The van der Waals surface area contributed by atoms with Gasteiger partial charge in [0.05, 0.1) is 10.5 Å². The predicted molar refractivity (Wildman–Crippen MR) is 101 cm³/mol. The lowest BCUT2D eigenvalue weighted by molar-refractivity contribution is -0.115. The van der Waals surface area contributed by atoms with Gasteiger partial charge in [0.2, 0.25) is 0 Å². The zero-order valence-corrected chi connectivity index (χ0v) is 17.7. The Labute approximate surface area is 157 Å². The van der Waals surface area contributed by atoms with Crippen molar-refractivity contribution in [1.29, 1.82) is 0 Å². The van der Waals surface area contributed by atoms with Crippen molar-refractivity contribution in [3.05, 3.63) is 34.1 Å². The quantitative estimate of drug-likeness (QED) is 0.494. The van der Waals surface area contributed by atoms with Crippen molar-refractivity contribution >= 4 is 36.6 Å². The Morgan fingerprint density at radius 2 is 2.04 bits per heavy atom. The third-order valence-electron chi connectivity index (χ3n) is 4.52. The van der Waals surface area contributed by atoms with Crippen LogP contribution in [0.1, 0.15) is 26.3 Å². The van der Waals surface area contributed by atoms with Crippen LogP contribution >= 0.6 is 15.9 Å². The van der Waals surface area contributed by atoms with Crippen LogP contribution in [0, 0.1) is 5.82 Å². The van der Waals surface area contributed by atoms with Gasteiger partial charge in [-0.05, 0) is 58.2 Å². The molecule has 0 spiro atoms. The summed E-state index contributed by atoms with van der Waals surface area (Å²) in [5.41, 5.74) is 0.692. The van der Waals surface area contributed by atoms with Gasteiger partial charge in [0, 0.05) is 0 Å². The molecule has 2 atom stereocenters. The second-order valence-corrected chi connectivity index (χ2v) is 13.1. The summed E-state index contributed by atoms with van der Waals surface area (Å²) in [6.07, 6.45) is -1.30. The average Bonchev–Trinajstić information content (AvgIpc) is 2.46. The Balaban J connectivity index is 3.07. The summed E-state index contributed by atoms with van der Waals surface area (Å²) in [6, 6.07) is 3.66. The molecule has 0 saturated heterocycles. The van der Waals surface area contributed by atoms with E-state index in [-0.39, 0.29) is 15.9 Å². The standard InChI is InChI=1S/C17H25BrFNO4Si/c1-17(2,3)25(4,5)24-15(10-21)14(20-16(22)23)9-11-6-7-13(19)12(18)8-11/h6-8,10,14-15,20H,9H2,1-5H3,(H,22,23)/t14-,15+/m0/s1. The number of carboxylic acid groups (broad SMARTS) is 1. The highest BCUT2D eigenvalue weighted by Crippen LogP contribution is 2.37. The van der Waals surface area contributed by atoms with Crippen LogP contribution in [-0.2, 0) is 15.6 Å². The van der Waals surface area contributed by atoms with Crippen LogP contribution in [0.3, 0.4) is 0 Å². The molecule has 0 aliphatic carbocycles. The van der Waals surface area contributed by atoms with Crippen LogP contribution < -0.4 is 5.32 Å². The molecule has 0 unspecified atom stereocenters. The third-order valence-corrected chi connectivity index (χ3v) is 9.60. The SMILES string of the molecule is CC(C)(C)[Si](C)(C)O[C@H](C=O)[C@H](Cc1ccc(F)c(Br)c1)NC(=O)O. The first-order valence-electron chi connectivity index (χ1n) is 7.94. The third kappa shape index (κ3) is 6.20. The number of nitrogens with one attached hydrogen (secondary N) is 1. The summed E-state index contributed by atoms with van der Waals surface area (Å²) in [4.78, 5) is 22.8. The summed E-state index contributed by atoms with van der Waals surface area (Å²) in [6.45, 7) is 10.1. The maximum absolute atomic E-state index is 13.4. The lowest BCUT2D eigenvalue weighted by Gasteiger charge is -2.39. The fourth-order valence-electron chi connectivity index (χ4n) is 2.05. The minimum atomic E-state index is -2.27. The van der Waals surface area contributed by atoms with Crippen molar-refractivity contribution in [1.82, 2.24) is 5.32 Å². The molecule has 0 saturated carbocycles. The fraction of sp³-hybridized carbons (Fsp3) is 0.529. The van der Waals surface area contributed by atoms with Gasteiger partial charge in [0.1, 0.15) is 18.2 Å². The van der Waals surface area contributed by atoms with E-state index in [1.165, 1.54) is 6.07 Å². The van der Waals surface area contributed by atoms with Crippen molar-refractivity contribution in [2.45, 2.75) is 57.5 Å².